The number of phenolic OH excluding ortho intramolecular Hbond substituents is 2. The van der Waals surface area contributed by atoms with Crippen molar-refractivity contribution in [2.45, 2.75) is 125 Å². The van der Waals surface area contributed by atoms with Crippen LogP contribution >= 0.6 is 0 Å². The lowest BCUT2D eigenvalue weighted by molar-refractivity contribution is 0.421. The van der Waals surface area contributed by atoms with E-state index in [2.05, 4.69) is 109 Å². The minimum absolute atomic E-state index is 0.163. The minimum Gasteiger partial charge on any atom is -0.507 e. The minimum atomic E-state index is -0.165. The molecule has 0 radical (unpaired) electrons. The zero-order valence-corrected chi connectivity index (χ0v) is 23.8. The number of hydrogen-bond donors (Lipinski definition) is 2. The van der Waals surface area contributed by atoms with Gasteiger partial charge in [0.1, 0.15) is 11.5 Å². The average molecular weight is 453 g/mol. The normalized spacial score (nSPS) is 13.5. The Morgan fingerprint density at radius 1 is 0.515 bits per heavy atom. The molecule has 2 aromatic carbocycles. The summed E-state index contributed by atoms with van der Waals surface area (Å²) < 4.78 is 0. The van der Waals surface area contributed by atoms with Crippen LogP contribution in [-0.2, 0) is 28.1 Å². The van der Waals surface area contributed by atoms with Crippen LogP contribution in [0.3, 0.4) is 0 Å². The first-order chi connectivity index (χ1) is 14.6. The lowest BCUT2D eigenvalue weighted by Gasteiger charge is -2.32. The third-order valence-electron chi connectivity index (χ3n) is 6.83. The molecule has 0 bridgehead atoms. The molecule has 2 aromatic rings. The number of benzene rings is 2. The molecule has 0 aliphatic carbocycles. The number of aromatic hydroxyl groups is 2. The second-order valence-corrected chi connectivity index (χ2v) is 14.0. The van der Waals surface area contributed by atoms with Crippen LogP contribution in [0.4, 0.5) is 0 Å². The molecule has 0 spiro atoms. The fourth-order valence-electron chi connectivity index (χ4n) is 5.20. The maximum Gasteiger partial charge on any atom is 0.123 e. The Balaban J connectivity index is 2.91. The molecule has 0 saturated carbocycles. The van der Waals surface area contributed by atoms with Crippen molar-refractivity contribution in [3.63, 3.8) is 0 Å². The number of rotatable bonds is 2. The summed E-state index contributed by atoms with van der Waals surface area (Å²) in [7, 11) is 0. The Morgan fingerprint density at radius 3 is 1.00 bits per heavy atom. The van der Waals surface area contributed by atoms with E-state index >= 15 is 0 Å². The van der Waals surface area contributed by atoms with Gasteiger partial charge in [-0.1, -0.05) is 95.2 Å². The molecule has 33 heavy (non-hydrogen) atoms. The first-order valence-electron chi connectivity index (χ1n) is 12.3. The third kappa shape index (κ3) is 5.42. The van der Waals surface area contributed by atoms with Crippen LogP contribution in [0, 0.1) is 13.8 Å². The maximum absolute atomic E-state index is 11.3. The van der Waals surface area contributed by atoms with Crippen molar-refractivity contribution >= 4 is 0 Å². The van der Waals surface area contributed by atoms with Crippen LogP contribution in [0.5, 0.6) is 11.5 Å². The van der Waals surface area contributed by atoms with Crippen molar-refractivity contribution in [3.05, 3.63) is 56.6 Å². The zero-order valence-electron chi connectivity index (χ0n) is 23.8. The van der Waals surface area contributed by atoms with Gasteiger partial charge in [0.15, 0.2) is 0 Å². The summed E-state index contributed by atoms with van der Waals surface area (Å²) in [5.41, 5.74) is 8.23. The molecule has 0 aromatic heterocycles. The summed E-state index contributed by atoms with van der Waals surface area (Å²) in [4.78, 5) is 0. The molecule has 0 saturated heterocycles. The second kappa shape index (κ2) is 8.36. The molecule has 0 unspecified atom stereocenters. The third-order valence-corrected chi connectivity index (χ3v) is 6.83. The van der Waals surface area contributed by atoms with E-state index < -0.39 is 0 Å². The Hall–Kier alpha value is -1.96. The molecule has 0 amide bonds. The van der Waals surface area contributed by atoms with Crippen LogP contribution in [0.1, 0.15) is 128 Å². The van der Waals surface area contributed by atoms with Crippen molar-refractivity contribution in [1.29, 1.82) is 0 Å². The highest BCUT2D eigenvalue weighted by Crippen LogP contribution is 2.45. The molecule has 0 atom stereocenters. The molecule has 0 fully saturated rings. The quantitative estimate of drug-likeness (QED) is 0.479. The summed E-state index contributed by atoms with van der Waals surface area (Å²) in [6.45, 7) is 30.3. The summed E-state index contributed by atoms with van der Waals surface area (Å²) in [6, 6.07) is 4.42. The van der Waals surface area contributed by atoms with E-state index in [-0.39, 0.29) is 21.7 Å². The van der Waals surface area contributed by atoms with Gasteiger partial charge in [-0.3, -0.25) is 0 Å². The van der Waals surface area contributed by atoms with Gasteiger partial charge < -0.3 is 10.2 Å². The molecular weight excluding hydrogens is 404 g/mol. The Bertz CT molecular complexity index is 958. The molecule has 0 aliphatic heterocycles. The highest BCUT2D eigenvalue weighted by atomic mass is 16.3. The van der Waals surface area contributed by atoms with E-state index in [0.717, 1.165) is 39.8 Å². The molecule has 2 N–H and O–H groups in total. The lowest BCUT2D eigenvalue weighted by Crippen LogP contribution is -2.21. The predicted octanol–water partition coefficient (Wildman–Crippen LogP) is 8.50. The van der Waals surface area contributed by atoms with E-state index in [1.807, 2.05) is 0 Å². The maximum atomic E-state index is 11.3. The average Bonchev–Trinajstić information content (AvgIpc) is 2.54. The topological polar surface area (TPSA) is 40.5 Å². The Kier molecular flexibility index (Phi) is 6.91. The van der Waals surface area contributed by atoms with Crippen LogP contribution in [0.2, 0.25) is 0 Å². The number of phenols is 2. The first-order valence-corrected chi connectivity index (χ1v) is 12.3. The zero-order chi connectivity index (χ0) is 25.9. The SMILES string of the molecule is Cc1c(Cc2cc(C(C)(C)C)c(O)c(C(C)(C)C)c2C)cc(C(C)(C)C)c(O)c1C(C)(C)C. The van der Waals surface area contributed by atoms with Gasteiger partial charge in [0, 0.05) is 11.1 Å². The monoisotopic (exact) mass is 452 g/mol. The van der Waals surface area contributed by atoms with Crippen LogP contribution in [-0.4, -0.2) is 10.2 Å². The summed E-state index contributed by atoms with van der Waals surface area (Å²) >= 11 is 0. The molecule has 184 valence electrons. The number of hydrogen-bond acceptors (Lipinski definition) is 2. The summed E-state index contributed by atoms with van der Waals surface area (Å²) in [5, 5.41) is 22.6. The smallest absolute Gasteiger partial charge is 0.123 e. The van der Waals surface area contributed by atoms with E-state index in [1.165, 1.54) is 11.1 Å². The van der Waals surface area contributed by atoms with Gasteiger partial charge in [-0.2, -0.15) is 0 Å². The first kappa shape index (κ1) is 27.3. The Morgan fingerprint density at radius 2 is 0.788 bits per heavy atom. The fourth-order valence-corrected chi connectivity index (χ4v) is 5.20. The van der Waals surface area contributed by atoms with Crippen LogP contribution < -0.4 is 0 Å². The molecule has 2 nitrogen and oxygen atoms in total. The summed E-state index contributed by atoms with van der Waals surface area (Å²) in [6.07, 6.45) is 0.774. The van der Waals surface area contributed by atoms with Crippen molar-refractivity contribution < 1.29 is 10.2 Å². The fraction of sp³-hybridized carbons (Fsp3) is 0.613. The molecular formula is C31H48O2. The van der Waals surface area contributed by atoms with Gasteiger partial charge >= 0.3 is 0 Å². The van der Waals surface area contributed by atoms with Gasteiger partial charge in [-0.15, -0.1) is 0 Å². The van der Waals surface area contributed by atoms with E-state index in [4.69, 9.17) is 0 Å². The van der Waals surface area contributed by atoms with Crippen molar-refractivity contribution in [2.75, 3.05) is 0 Å². The standard InChI is InChI=1S/C31H48O2/c1-18-20(16-22(28(3,4)5)26(32)24(18)30(9,10)11)15-21-17-23(29(6,7)8)27(33)25(19(21)2)31(12,13)14/h16-17,32-33H,15H2,1-14H3. The van der Waals surface area contributed by atoms with Gasteiger partial charge in [0.05, 0.1) is 0 Å². The molecule has 2 rings (SSSR count). The molecule has 0 heterocycles. The molecule has 2 heteroatoms. The Labute approximate surface area is 203 Å². The van der Waals surface area contributed by atoms with Crippen molar-refractivity contribution in [1.82, 2.24) is 0 Å². The van der Waals surface area contributed by atoms with E-state index in [0.29, 0.717) is 11.5 Å². The van der Waals surface area contributed by atoms with E-state index in [9.17, 15) is 10.2 Å². The van der Waals surface area contributed by atoms with Gasteiger partial charge in [0.2, 0.25) is 0 Å². The van der Waals surface area contributed by atoms with Gasteiger partial charge in [0.25, 0.3) is 0 Å². The summed E-state index contributed by atoms with van der Waals surface area (Å²) in [5.74, 6) is 0.869. The molecule has 0 aliphatic rings. The highest BCUT2D eigenvalue weighted by molar-refractivity contribution is 5.59. The largest absolute Gasteiger partial charge is 0.507 e. The highest BCUT2D eigenvalue weighted by Gasteiger charge is 2.31. The van der Waals surface area contributed by atoms with Crippen LogP contribution in [0.25, 0.3) is 0 Å². The van der Waals surface area contributed by atoms with Crippen molar-refractivity contribution in [2.24, 2.45) is 0 Å². The predicted molar refractivity (Wildman–Crippen MR) is 143 cm³/mol. The van der Waals surface area contributed by atoms with Gasteiger partial charge in [-0.05, 0) is 75.3 Å². The second-order valence-electron chi connectivity index (χ2n) is 14.0. The lowest BCUT2D eigenvalue weighted by atomic mass is 9.73. The van der Waals surface area contributed by atoms with Crippen molar-refractivity contribution in [3.8, 4) is 11.5 Å². The van der Waals surface area contributed by atoms with E-state index in [1.54, 1.807) is 0 Å². The van der Waals surface area contributed by atoms with Gasteiger partial charge in [-0.25, -0.2) is 0 Å². The van der Waals surface area contributed by atoms with Crippen LogP contribution in [0.15, 0.2) is 12.1 Å².